The van der Waals surface area contributed by atoms with Gasteiger partial charge in [0.25, 0.3) is 5.69 Å². The zero-order chi connectivity index (χ0) is 15.5. The molecule has 0 spiro atoms. The molecule has 1 rings (SSSR count). The molecule has 0 bridgehead atoms. The first-order valence-corrected chi connectivity index (χ1v) is 7.59. The highest BCUT2D eigenvalue weighted by atomic mass is 35.5. The van der Waals surface area contributed by atoms with Crippen LogP contribution in [-0.4, -0.2) is 44.8 Å². The Balaban J connectivity index is 3.31. The second-order valence-corrected chi connectivity index (χ2v) is 6.68. The minimum absolute atomic E-state index is 0.0793. The molecule has 0 aliphatic rings. The van der Waals surface area contributed by atoms with Gasteiger partial charge in [0.15, 0.2) is 0 Å². The molecular formula is C11H16ClN3O4S. The third kappa shape index (κ3) is 3.45. The molecule has 1 aromatic rings. The maximum absolute atomic E-state index is 12.4. The SMILES string of the molecule is CNCCN(C)S(=O)(=O)c1cc([N+](=O)[O-])c(Cl)cc1C. The number of nitrogens with zero attached hydrogens (tertiary/aromatic N) is 2. The summed E-state index contributed by atoms with van der Waals surface area (Å²) in [5, 5.41) is 13.6. The van der Waals surface area contributed by atoms with Crippen molar-refractivity contribution in [2.75, 3.05) is 27.2 Å². The molecule has 1 aromatic carbocycles. The van der Waals surface area contributed by atoms with Gasteiger partial charge in [0.1, 0.15) is 5.02 Å². The van der Waals surface area contributed by atoms with Crippen LogP contribution >= 0.6 is 11.6 Å². The molecule has 0 saturated heterocycles. The predicted octanol–water partition coefficient (Wildman–Crippen LogP) is 1.40. The van der Waals surface area contributed by atoms with E-state index >= 15 is 0 Å². The Labute approximate surface area is 122 Å². The summed E-state index contributed by atoms with van der Waals surface area (Å²) in [6.07, 6.45) is 0. The van der Waals surface area contributed by atoms with Gasteiger partial charge in [-0.1, -0.05) is 11.6 Å². The lowest BCUT2D eigenvalue weighted by molar-refractivity contribution is -0.384. The molecule has 1 N–H and O–H groups in total. The van der Waals surface area contributed by atoms with E-state index in [0.29, 0.717) is 12.1 Å². The van der Waals surface area contributed by atoms with E-state index in [0.717, 1.165) is 10.4 Å². The molecule has 9 heteroatoms. The molecule has 7 nitrogen and oxygen atoms in total. The van der Waals surface area contributed by atoms with Crippen molar-refractivity contribution in [1.29, 1.82) is 0 Å². The number of nitrogens with one attached hydrogen (secondary N) is 1. The number of rotatable bonds is 6. The van der Waals surface area contributed by atoms with Gasteiger partial charge < -0.3 is 5.32 Å². The molecule has 0 atom stereocenters. The number of benzene rings is 1. The van der Waals surface area contributed by atoms with Crippen molar-refractivity contribution in [2.45, 2.75) is 11.8 Å². The van der Waals surface area contributed by atoms with Crippen LogP contribution in [0.3, 0.4) is 0 Å². The number of halogens is 1. The zero-order valence-corrected chi connectivity index (χ0v) is 13.0. The van der Waals surface area contributed by atoms with E-state index in [2.05, 4.69) is 5.32 Å². The van der Waals surface area contributed by atoms with E-state index in [1.165, 1.54) is 13.1 Å². The average molecular weight is 322 g/mol. The quantitative estimate of drug-likeness (QED) is 0.631. The van der Waals surface area contributed by atoms with Gasteiger partial charge >= 0.3 is 0 Å². The molecule has 20 heavy (non-hydrogen) atoms. The summed E-state index contributed by atoms with van der Waals surface area (Å²) in [5.74, 6) is 0. The third-order valence-electron chi connectivity index (χ3n) is 2.81. The number of hydrogen-bond acceptors (Lipinski definition) is 5. The average Bonchev–Trinajstić information content (AvgIpc) is 2.34. The van der Waals surface area contributed by atoms with Gasteiger partial charge in [-0.05, 0) is 25.6 Å². The fraction of sp³-hybridized carbons (Fsp3) is 0.455. The smallest absolute Gasteiger partial charge is 0.289 e. The van der Waals surface area contributed by atoms with Crippen molar-refractivity contribution < 1.29 is 13.3 Å². The monoisotopic (exact) mass is 321 g/mol. The summed E-state index contributed by atoms with van der Waals surface area (Å²) in [5.41, 5.74) is -0.0465. The van der Waals surface area contributed by atoms with Crippen LogP contribution in [0.4, 0.5) is 5.69 Å². The molecule has 0 unspecified atom stereocenters. The van der Waals surface area contributed by atoms with Crippen LogP contribution in [0.2, 0.25) is 5.02 Å². The number of likely N-dealkylation sites (N-methyl/N-ethyl adjacent to an activating group) is 2. The Morgan fingerprint density at radius 3 is 2.55 bits per heavy atom. The molecule has 0 saturated carbocycles. The van der Waals surface area contributed by atoms with Crippen LogP contribution in [0, 0.1) is 17.0 Å². The van der Waals surface area contributed by atoms with E-state index in [9.17, 15) is 18.5 Å². The lowest BCUT2D eigenvalue weighted by Gasteiger charge is -2.18. The van der Waals surface area contributed by atoms with Gasteiger partial charge in [-0.25, -0.2) is 8.42 Å². The van der Waals surface area contributed by atoms with Gasteiger partial charge in [0.05, 0.1) is 9.82 Å². The van der Waals surface area contributed by atoms with Gasteiger partial charge in [0, 0.05) is 26.2 Å². The zero-order valence-electron chi connectivity index (χ0n) is 11.4. The van der Waals surface area contributed by atoms with E-state index in [1.54, 1.807) is 14.0 Å². The third-order valence-corrected chi connectivity index (χ3v) is 5.11. The second-order valence-electron chi connectivity index (χ2n) is 4.26. The second kappa shape index (κ2) is 6.49. The Hall–Kier alpha value is -1.22. The van der Waals surface area contributed by atoms with Crippen LogP contribution < -0.4 is 5.32 Å². The van der Waals surface area contributed by atoms with E-state index < -0.39 is 20.6 Å². The van der Waals surface area contributed by atoms with Gasteiger partial charge in [-0.3, -0.25) is 10.1 Å². The summed E-state index contributed by atoms with van der Waals surface area (Å²) in [7, 11) is -0.654. The van der Waals surface area contributed by atoms with Crippen LogP contribution in [0.1, 0.15) is 5.56 Å². The van der Waals surface area contributed by atoms with Gasteiger partial charge in [0.2, 0.25) is 10.0 Å². The first-order valence-electron chi connectivity index (χ1n) is 5.77. The van der Waals surface area contributed by atoms with E-state index in [4.69, 9.17) is 11.6 Å². The molecule has 0 amide bonds. The molecule has 0 aliphatic carbocycles. The standard InChI is InChI=1S/C11H16ClN3O4S/c1-8-6-9(12)10(15(16)17)7-11(8)20(18,19)14(3)5-4-13-2/h6-7,13H,4-5H2,1-3H3. The Kier molecular flexibility index (Phi) is 5.46. The number of aryl methyl sites for hydroxylation is 1. The highest BCUT2D eigenvalue weighted by Crippen LogP contribution is 2.31. The van der Waals surface area contributed by atoms with E-state index in [-0.39, 0.29) is 16.5 Å². The van der Waals surface area contributed by atoms with Crippen molar-refractivity contribution in [3.05, 3.63) is 32.8 Å². The van der Waals surface area contributed by atoms with Gasteiger partial charge in [-0.2, -0.15) is 4.31 Å². The first-order chi connectivity index (χ1) is 9.21. The molecule has 112 valence electrons. The Bertz CT molecular complexity index is 618. The summed E-state index contributed by atoms with van der Waals surface area (Å²) in [6, 6.07) is 2.29. The lowest BCUT2D eigenvalue weighted by Crippen LogP contribution is -2.33. The number of hydrogen-bond donors (Lipinski definition) is 1. The van der Waals surface area contributed by atoms with E-state index in [1.807, 2.05) is 0 Å². The summed E-state index contributed by atoms with van der Waals surface area (Å²) < 4.78 is 25.9. The Morgan fingerprint density at radius 2 is 2.05 bits per heavy atom. The van der Waals surface area contributed by atoms with Crippen molar-refractivity contribution in [2.24, 2.45) is 0 Å². The number of nitro benzene ring substituents is 1. The first kappa shape index (κ1) is 16.8. The minimum atomic E-state index is -3.78. The van der Waals surface area contributed by atoms with Crippen LogP contribution in [0.25, 0.3) is 0 Å². The highest BCUT2D eigenvalue weighted by molar-refractivity contribution is 7.89. The summed E-state index contributed by atoms with van der Waals surface area (Å²) >= 11 is 5.75. The molecule has 0 radical (unpaired) electrons. The predicted molar refractivity (Wildman–Crippen MR) is 76.6 cm³/mol. The molecule has 0 fully saturated rings. The Morgan fingerprint density at radius 1 is 1.45 bits per heavy atom. The minimum Gasteiger partial charge on any atom is -0.318 e. The molecule has 0 aliphatic heterocycles. The molecule has 0 aromatic heterocycles. The maximum Gasteiger partial charge on any atom is 0.289 e. The van der Waals surface area contributed by atoms with Crippen molar-refractivity contribution in [3.63, 3.8) is 0 Å². The summed E-state index contributed by atoms with van der Waals surface area (Å²) in [6.45, 7) is 2.29. The topological polar surface area (TPSA) is 92.6 Å². The van der Waals surface area contributed by atoms with Crippen LogP contribution in [0.5, 0.6) is 0 Å². The van der Waals surface area contributed by atoms with Crippen molar-refractivity contribution >= 4 is 27.3 Å². The number of nitro groups is 1. The summed E-state index contributed by atoms with van der Waals surface area (Å²) in [4.78, 5) is 10.1. The van der Waals surface area contributed by atoms with Crippen molar-refractivity contribution in [1.82, 2.24) is 9.62 Å². The van der Waals surface area contributed by atoms with Crippen LogP contribution in [-0.2, 0) is 10.0 Å². The largest absolute Gasteiger partial charge is 0.318 e. The maximum atomic E-state index is 12.4. The lowest BCUT2D eigenvalue weighted by atomic mass is 10.2. The highest BCUT2D eigenvalue weighted by Gasteiger charge is 2.26. The number of sulfonamides is 1. The molecule has 0 heterocycles. The fourth-order valence-electron chi connectivity index (χ4n) is 1.62. The fourth-order valence-corrected chi connectivity index (χ4v) is 3.30. The normalized spacial score (nSPS) is 11.8. The molecular weight excluding hydrogens is 306 g/mol. The van der Waals surface area contributed by atoms with Crippen LogP contribution in [0.15, 0.2) is 17.0 Å². The van der Waals surface area contributed by atoms with Gasteiger partial charge in [-0.15, -0.1) is 0 Å². The van der Waals surface area contributed by atoms with Crippen molar-refractivity contribution in [3.8, 4) is 0 Å².